The van der Waals surface area contributed by atoms with Gasteiger partial charge in [-0.05, 0) is 48.7 Å². The lowest BCUT2D eigenvalue weighted by molar-refractivity contribution is -0.120. The highest BCUT2D eigenvalue weighted by molar-refractivity contribution is 5.85. The molecule has 3 aromatic rings. The number of aryl methyl sites for hydroxylation is 2. The van der Waals surface area contributed by atoms with Gasteiger partial charge in [0, 0.05) is 30.7 Å². The summed E-state index contributed by atoms with van der Waals surface area (Å²) >= 11 is 0. The van der Waals surface area contributed by atoms with E-state index in [-0.39, 0.29) is 11.7 Å². The highest BCUT2D eigenvalue weighted by atomic mass is 19.1. The first-order valence-corrected chi connectivity index (χ1v) is 7.66. The van der Waals surface area contributed by atoms with Crippen LogP contribution in [0.25, 0.3) is 16.6 Å². The van der Waals surface area contributed by atoms with Gasteiger partial charge in [0.1, 0.15) is 5.82 Å². The minimum atomic E-state index is -0.208. The molecule has 23 heavy (non-hydrogen) atoms. The highest BCUT2D eigenvalue weighted by Gasteiger charge is 2.10. The number of nitrogens with one attached hydrogen (secondary N) is 1. The summed E-state index contributed by atoms with van der Waals surface area (Å²) in [6.45, 7) is 1.98. The topological polar surface area (TPSA) is 34.0 Å². The minimum absolute atomic E-state index is 0.0275. The average molecular weight is 310 g/mol. The number of hydrogen-bond acceptors (Lipinski definition) is 1. The van der Waals surface area contributed by atoms with Crippen molar-refractivity contribution >= 4 is 16.8 Å². The summed E-state index contributed by atoms with van der Waals surface area (Å²) < 4.78 is 16.0. The van der Waals surface area contributed by atoms with Crippen LogP contribution in [-0.2, 0) is 11.2 Å². The molecule has 0 aliphatic rings. The van der Waals surface area contributed by atoms with E-state index in [0.29, 0.717) is 18.2 Å². The van der Waals surface area contributed by atoms with Gasteiger partial charge in [-0.3, -0.25) is 4.79 Å². The summed E-state index contributed by atoms with van der Waals surface area (Å²) in [6.07, 6.45) is 3.03. The Hall–Kier alpha value is -2.62. The number of carbonyl (C=O) groups is 1. The lowest BCUT2D eigenvalue weighted by Crippen LogP contribution is -2.17. The third-order valence-electron chi connectivity index (χ3n) is 4.11. The van der Waals surface area contributed by atoms with Gasteiger partial charge in [-0.1, -0.05) is 18.2 Å². The fourth-order valence-electron chi connectivity index (χ4n) is 2.85. The first kappa shape index (κ1) is 15.3. The van der Waals surface area contributed by atoms with Gasteiger partial charge < -0.3 is 9.88 Å². The van der Waals surface area contributed by atoms with Crippen LogP contribution in [0, 0.1) is 12.7 Å². The van der Waals surface area contributed by atoms with Crippen LogP contribution in [0.1, 0.15) is 17.5 Å². The van der Waals surface area contributed by atoms with Crippen LogP contribution >= 0.6 is 0 Å². The van der Waals surface area contributed by atoms with Crippen LogP contribution in [-0.4, -0.2) is 17.5 Å². The maximum atomic E-state index is 14.0. The Labute approximate surface area is 134 Å². The molecule has 2 aromatic carbocycles. The van der Waals surface area contributed by atoms with E-state index < -0.39 is 0 Å². The third-order valence-corrected chi connectivity index (χ3v) is 4.11. The van der Waals surface area contributed by atoms with Crippen molar-refractivity contribution in [3.05, 3.63) is 65.6 Å². The van der Waals surface area contributed by atoms with Gasteiger partial charge in [0.05, 0.1) is 5.52 Å². The normalized spacial score (nSPS) is 10.9. The lowest BCUT2D eigenvalue weighted by Gasteiger charge is -2.10. The molecule has 0 bridgehead atoms. The van der Waals surface area contributed by atoms with E-state index in [9.17, 15) is 9.18 Å². The van der Waals surface area contributed by atoms with Crippen molar-refractivity contribution in [3.8, 4) is 5.69 Å². The van der Waals surface area contributed by atoms with Crippen molar-refractivity contribution in [1.82, 2.24) is 9.88 Å². The summed E-state index contributed by atoms with van der Waals surface area (Å²) in [6, 6.07) is 13.1. The fourth-order valence-corrected chi connectivity index (χ4v) is 2.85. The highest BCUT2D eigenvalue weighted by Crippen LogP contribution is 2.26. The van der Waals surface area contributed by atoms with Crippen LogP contribution in [0.3, 0.4) is 0 Å². The number of nitrogens with zero attached hydrogens (tertiary/aromatic N) is 1. The first-order valence-electron chi connectivity index (χ1n) is 7.66. The Morgan fingerprint density at radius 2 is 2.04 bits per heavy atom. The Balaban J connectivity index is 1.99. The molecule has 1 heterocycles. The monoisotopic (exact) mass is 310 g/mol. The van der Waals surface area contributed by atoms with E-state index in [1.165, 1.54) is 6.07 Å². The van der Waals surface area contributed by atoms with Gasteiger partial charge in [0.15, 0.2) is 0 Å². The molecule has 0 saturated carbocycles. The summed E-state index contributed by atoms with van der Waals surface area (Å²) in [7, 11) is 1.64. The molecule has 0 saturated heterocycles. The molecule has 3 nitrogen and oxygen atoms in total. The predicted octanol–water partition coefficient (Wildman–Crippen LogP) is 3.76. The van der Waals surface area contributed by atoms with Gasteiger partial charge >= 0.3 is 0 Å². The quantitative estimate of drug-likeness (QED) is 0.782. The van der Waals surface area contributed by atoms with E-state index in [2.05, 4.69) is 5.32 Å². The van der Waals surface area contributed by atoms with Crippen molar-refractivity contribution in [1.29, 1.82) is 0 Å². The van der Waals surface area contributed by atoms with Gasteiger partial charge in [0.2, 0.25) is 5.91 Å². The Kier molecular flexibility index (Phi) is 4.15. The molecule has 0 radical (unpaired) electrons. The van der Waals surface area contributed by atoms with Crippen molar-refractivity contribution in [2.75, 3.05) is 7.05 Å². The zero-order chi connectivity index (χ0) is 16.4. The van der Waals surface area contributed by atoms with Crippen molar-refractivity contribution in [2.24, 2.45) is 0 Å². The molecule has 1 aromatic heterocycles. The van der Waals surface area contributed by atoms with Gasteiger partial charge in [0.25, 0.3) is 0 Å². The van der Waals surface area contributed by atoms with Gasteiger partial charge in [-0.15, -0.1) is 0 Å². The van der Waals surface area contributed by atoms with E-state index in [4.69, 9.17) is 0 Å². The molecule has 1 amide bonds. The molecule has 0 atom stereocenters. The second kappa shape index (κ2) is 6.24. The average Bonchev–Trinajstić information content (AvgIpc) is 3.02. The number of benzene rings is 2. The van der Waals surface area contributed by atoms with E-state index >= 15 is 0 Å². The second-order valence-corrected chi connectivity index (χ2v) is 5.66. The number of aromatic nitrogens is 1. The number of amides is 1. The van der Waals surface area contributed by atoms with Crippen molar-refractivity contribution < 1.29 is 9.18 Å². The van der Waals surface area contributed by atoms with Crippen LogP contribution in [0.4, 0.5) is 4.39 Å². The summed E-state index contributed by atoms with van der Waals surface area (Å²) in [4.78, 5) is 11.4. The zero-order valence-corrected chi connectivity index (χ0v) is 13.3. The van der Waals surface area contributed by atoms with Crippen LogP contribution in [0.5, 0.6) is 0 Å². The summed E-state index contributed by atoms with van der Waals surface area (Å²) in [5.41, 5.74) is 3.97. The molecule has 118 valence electrons. The van der Waals surface area contributed by atoms with E-state index in [0.717, 1.165) is 22.3 Å². The molecular weight excluding hydrogens is 291 g/mol. The number of halogens is 1. The number of fused-ring (bicyclic) bond motifs is 1. The lowest BCUT2D eigenvalue weighted by atomic mass is 10.1. The molecule has 1 N–H and O–H groups in total. The minimum Gasteiger partial charge on any atom is -0.359 e. The van der Waals surface area contributed by atoms with Crippen LogP contribution < -0.4 is 5.32 Å². The van der Waals surface area contributed by atoms with E-state index in [1.807, 2.05) is 42.0 Å². The van der Waals surface area contributed by atoms with Crippen molar-refractivity contribution in [2.45, 2.75) is 19.8 Å². The van der Waals surface area contributed by atoms with Crippen molar-refractivity contribution in [3.63, 3.8) is 0 Å². The summed E-state index contributed by atoms with van der Waals surface area (Å²) in [5, 5.41) is 3.26. The number of carbonyl (C=O) groups excluding carboxylic acids is 1. The van der Waals surface area contributed by atoms with Crippen LogP contribution in [0.15, 0.2) is 48.7 Å². The molecule has 0 aliphatic carbocycles. The Morgan fingerprint density at radius 3 is 2.83 bits per heavy atom. The van der Waals surface area contributed by atoms with E-state index in [1.54, 1.807) is 19.2 Å². The Morgan fingerprint density at radius 1 is 1.22 bits per heavy atom. The molecule has 0 fully saturated rings. The third kappa shape index (κ3) is 2.97. The first-order chi connectivity index (χ1) is 11.1. The molecule has 0 unspecified atom stereocenters. The maximum absolute atomic E-state index is 14.0. The van der Waals surface area contributed by atoms with Gasteiger partial charge in [-0.2, -0.15) is 0 Å². The SMILES string of the molecule is CNC(=O)CCc1cccc(-n2ccc3c(F)ccc(C)c32)c1. The molecule has 3 rings (SSSR count). The fraction of sp³-hybridized carbons (Fsp3) is 0.211. The second-order valence-electron chi connectivity index (χ2n) is 5.66. The standard InChI is InChI=1S/C19H19FN2O/c1-13-6-8-17(20)16-10-11-22(19(13)16)15-5-3-4-14(12-15)7-9-18(23)21-2/h3-6,8,10-12H,7,9H2,1-2H3,(H,21,23). The summed E-state index contributed by atoms with van der Waals surface area (Å²) in [5.74, 6) is -0.181. The number of rotatable bonds is 4. The molecule has 0 spiro atoms. The maximum Gasteiger partial charge on any atom is 0.220 e. The largest absolute Gasteiger partial charge is 0.359 e. The van der Waals surface area contributed by atoms with Crippen LogP contribution in [0.2, 0.25) is 0 Å². The number of hydrogen-bond donors (Lipinski definition) is 1. The zero-order valence-electron chi connectivity index (χ0n) is 13.3. The molecule has 0 aliphatic heterocycles. The smallest absolute Gasteiger partial charge is 0.220 e. The van der Waals surface area contributed by atoms with Gasteiger partial charge in [-0.25, -0.2) is 4.39 Å². The molecular formula is C19H19FN2O. The predicted molar refractivity (Wildman–Crippen MR) is 90.4 cm³/mol. The Bertz CT molecular complexity index is 867. The molecule has 4 heteroatoms.